The second kappa shape index (κ2) is 6.29. The first-order valence-corrected chi connectivity index (χ1v) is 8.88. The molecule has 2 N–H and O–H groups in total. The van der Waals surface area contributed by atoms with Gasteiger partial charge in [-0.25, -0.2) is 4.98 Å². The number of carbonyl (C=O) groups excluding carboxylic acids is 1. The molecule has 0 unspecified atom stereocenters. The van der Waals surface area contributed by atoms with Crippen LogP contribution >= 0.6 is 11.3 Å². The lowest BCUT2D eigenvalue weighted by atomic mass is 10.1. The first-order valence-electron chi connectivity index (χ1n) is 8.00. The summed E-state index contributed by atoms with van der Waals surface area (Å²) < 4.78 is 5.52. The van der Waals surface area contributed by atoms with Gasteiger partial charge in [0.2, 0.25) is 5.91 Å². The molecule has 0 saturated heterocycles. The Balaban J connectivity index is 1.37. The van der Waals surface area contributed by atoms with Crippen molar-refractivity contribution in [1.82, 2.24) is 10.3 Å². The summed E-state index contributed by atoms with van der Waals surface area (Å²) in [4.78, 5) is 16.4. The van der Waals surface area contributed by atoms with Crippen molar-refractivity contribution in [3.8, 4) is 17.0 Å². The Bertz CT molecular complexity index is 724. The largest absolute Gasteiger partial charge is 0.493 e. The molecule has 1 aromatic carbocycles. The van der Waals surface area contributed by atoms with Crippen LogP contribution in [-0.4, -0.2) is 30.6 Å². The van der Waals surface area contributed by atoms with Crippen LogP contribution in [0.15, 0.2) is 23.6 Å². The Morgan fingerprint density at radius 3 is 3.17 bits per heavy atom. The predicted molar refractivity (Wildman–Crippen MR) is 91.0 cm³/mol. The molecule has 120 valence electrons. The monoisotopic (exact) mass is 329 g/mol. The van der Waals surface area contributed by atoms with Crippen molar-refractivity contribution in [2.24, 2.45) is 5.92 Å². The molecule has 2 aliphatic rings. The van der Waals surface area contributed by atoms with Gasteiger partial charge in [0, 0.05) is 17.4 Å². The van der Waals surface area contributed by atoms with Crippen molar-refractivity contribution in [2.75, 3.05) is 25.0 Å². The molecular weight excluding hydrogens is 310 g/mol. The first-order chi connectivity index (χ1) is 11.3. The van der Waals surface area contributed by atoms with Crippen LogP contribution in [0.4, 0.5) is 5.13 Å². The van der Waals surface area contributed by atoms with Gasteiger partial charge in [-0.1, -0.05) is 0 Å². The maximum atomic E-state index is 11.9. The number of ether oxygens (including phenoxy) is 1. The number of anilines is 1. The zero-order valence-corrected chi connectivity index (χ0v) is 13.6. The van der Waals surface area contributed by atoms with Crippen LogP contribution in [-0.2, 0) is 11.2 Å². The minimum Gasteiger partial charge on any atom is -0.493 e. The first kappa shape index (κ1) is 14.7. The highest BCUT2D eigenvalue weighted by Crippen LogP contribution is 2.32. The van der Waals surface area contributed by atoms with Gasteiger partial charge in [-0.15, -0.1) is 11.3 Å². The number of nitrogens with zero attached hydrogens (tertiary/aromatic N) is 1. The van der Waals surface area contributed by atoms with E-state index in [4.69, 9.17) is 4.74 Å². The summed E-state index contributed by atoms with van der Waals surface area (Å²) in [6, 6.07) is 6.14. The molecule has 1 aliphatic heterocycles. The molecule has 0 radical (unpaired) electrons. The van der Waals surface area contributed by atoms with Crippen molar-refractivity contribution >= 4 is 22.4 Å². The van der Waals surface area contributed by atoms with Crippen LogP contribution in [0.1, 0.15) is 18.4 Å². The average molecular weight is 329 g/mol. The normalized spacial score (nSPS) is 16.0. The molecule has 6 heteroatoms. The second-order valence-corrected chi connectivity index (χ2v) is 6.94. The van der Waals surface area contributed by atoms with Gasteiger partial charge in [0.15, 0.2) is 5.13 Å². The summed E-state index contributed by atoms with van der Waals surface area (Å²) in [5.41, 5.74) is 3.19. The highest BCUT2D eigenvalue weighted by Gasteiger charge is 2.20. The van der Waals surface area contributed by atoms with Crippen LogP contribution in [0.25, 0.3) is 11.3 Å². The van der Waals surface area contributed by atoms with Gasteiger partial charge in [0.25, 0.3) is 0 Å². The van der Waals surface area contributed by atoms with Crippen LogP contribution < -0.4 is 15.4 Å². The lowest BCUT2D eigenvalue weighted by molar-refractivity contribution is -0.115. The van der Waals surface area contributed by atoms with E-state index in [-0.39, 0.29) is 5.91 Å². The molecule has 2 heterocycles. The molecular formula is C17H19N3O2S. The third-order valence-electron chi connectivity index (χ3n) is 4.15. The van der Waals surface area contributed by atoms with Gasteiger partial charge in [0.05, 0.1) is 18.8 Å². The summed E-state index contributed by atoms with van der Waals surface area (Å²) in [6.07, 6.45) is 3.52. The van der Waals surface area contributed by atoms with Crippen LogP contribution in [0, 0.1) is 5.92 Å². The Morgan fingerprint density at radius 2 is 2.30 bits per heavy atom. The van der Waals surface area contributed by atoms with Crippen molar-refractivity contribution in [1.29, 1.82) is 0 Å². The van der Waals surface area contributed by atoms with Crippen LogP contribution in [0.3, 0.4) is 0 Å². The van der Waals surface area contributed by atoms with E-state index in [1.165, 1.54) is 29.7 Å². The third-order valence-corrected chi connectivity index (χ3v) is 4.91. The van der Waals surface area contributed by atoms with Gasteiger partial charge in [0.1, 0.15) is 5.75 Å². The van der Waals surface area contributed by atoms with Gasteiger partial charge >= 0.3 is 0 Å². The molecule has 1 aliphatic carbocycles. The quantitative estimate of drug-likeness (QED) is 0.855. The smallest absolute Gasteiger partial charge is 0.240 e. The van der Waals surface area contributed by atoms with Gasteiger partial charge in [-0.2, -0.15) is 0 Å². The Morgan fingerprint density at radius 1 is 1.39 bits per heavy atom. The number of amides is 1. The van der Waals surface area contributed by atoms with E-state index >= 15 is 0 Å². The standard InChI is InChI=1S/C17H19N3O2S/c21-16(9-18-8-11-1-2-11)20-17-19-14(10-23-17)12-3-4-15-13(7-12)5-6-22-15/h3-4,7,10-11,18H,1-2,5-6,8-9H2,(H,19,20,21). The number of benzene rings is 1. The number of hydrogen-bond donors (Lipinski definition) is 2. The van der Waals surface area contributed by atoms with E-state index in [1.54, 1.807) is 0 Å². The SMILES string of the molecule is O=C(CNCC1CC1)Nc1nc(-c2ccc3c(c2)CCO3)cs1. The average Bonchev–Trinajstić information content (AvgIpc) is 3.07. The summed E-state index contributed by atoms with van der Waals surface area (Å²) in [5, 5.41) is 8.67. The number of hydrogen-bond acceptors (Lipinski definition) is 5. The number of thiazole rings is 1. The third kappa shape index (κ3) is 3.54. The molecule has 1 aromatic heterocycles. The Kier molecular flexibility index (Phi) is 4.01. The molecule has 2 aromatic rings. The van der Waals surface area contributed by atoms with Crippen molar-refractivity contribution < 1.29 is 9.53 Å². The summed E-state index contributed by atoms with van der Waals surface area (Å²) in [7, 11) is 0. The summed E-state index contributed by atoms with van der Waals surface area (Å²) >= 11 is 1.46. The van der Waals surface area contributed by atoms with Gasteiger partial charge in [-0.3, -0.25) is 4.79 Å². The number of rotatable bonds is 6. The number of nitrogens with one attached hydrogen (secondary N) is 2. The molecule has 1 amide bonds. The van der Waals surface area contributed by atoms with E-state index in [0.29, 0.717) is 11.7 Å². The van der Waals surface area contributed by atoms with Crippen LogP contribution in [0.5, 0.6) is 5.75 Å². The Labute approximate surface area is 139 Å². The summed E-state index contributed by atoms with van der Waals surface area (Å²) in [6.45, 7) is 2.04. The maximum Gasteiger partial charge on any atom is 0.240 e. The lowest BCUT2D eigenvalue weighted by Crippen LogP contribution is -2.29. The second-order valence-electron chi connectivity index (χ2n) is 6.08. The molecule has 0 bridgehead atoms. The van der Waals surface area contributed by atoms with E-state index in [1.807, 2.05) is 17.5 Å². The zero-order valence-electron chi connectivity index (χ0n) is 12.8. The van der Waals surface area contributed by atoms with Crippen molar-refractivity contribution in [2.45, 2.75) is 19.3 Å². The highest BCUT2D eigenvalue weighted by molar-refractivity contribution is 7.14. The molecule has 5 nitrogen and oxygen atoms in total. The van der Waals surface area contributed by atoms with Crippen molar-refractivity contribution in [3.05, 3.63) is 29.1 Å². The molecule has 1 saturated carbocycles. The number of aromatic nitrogens is 1. The topological polar surface area (TPSA) is 63.2 Å². The fourth-order valence-corrected chi connectivity index (χ4v) is 3.42. The maximum absolute atomic E-state index is 11.9. The highest BCUT2D eigenvalue weighted by atomic mass is 32.1. The minimum atomic E-state index is -0.0334. The van der Waals surface area contributed by atoms with E-state index in [9.17, 15) is 4.79 Å². The minimum absolute atomic E-state index is 0.0334. The molecule has 0 atom stereocenters. The summed E-state index contributed by atoms with van der Waals surface area (Å²) in [5.74, 6) is 1.71. The van der Waals surface area contributed by atoms with E-state index < -0.39 is 0 Å². The molecule has 23 heavy (non-hydrogen) atoms. The van der Waals surface area contributed by atoms with Crippen LogP contribution in [0.2, 0.25) is 0 Å². The van der Waals surface area contributed by atoms with E-state index in [2.05, 4.69) is 21.7 Å². The van der Waals surface area contributed by atoms with Crippen molar-refractivity contribution in [3.63, 3.8) is 0 Å². The predicted octanol–water partition coefficient (Wildman–Crippen LogP) is 2.68. The molecule has 4 rings (SSSR count). The van der Waals surface area contributed by atoms with Gasteiger partial charge in [-0.05, 0) is 49.1 Å². The fourth-order valence-electron chi connectivity index (χ4n) is 2.68. The van der Waals surface area contributed by atoms with E-state index in [0.717, 1.165) is 42.5 Å². The molecule has 1 fully saturated rings. The lowest BCUT2D eigenvalue weighted by Gasteiger charge is -2.03. The zero-order chi connectivity index (χ0) is 15.6. The molecule has 0 spiro atoms. The van der Waals surface area contributed by atoms with Gasteiger partial charge < -0.3 is 15.4 Å². The fraction of sp³-hybridized carbons (Fsp3) is 0.412. The number of fused-ring (bicyclic) bond motifs is 1. The Hall–Kier alpha value is -1.92. The number of carbonyl (C=O) groups is 1.